The molecule has 0 aromatic carbocycles. The van der Waals surface area contributed by atoms with Crippen molar-refractivity contribution in [2.45, 2.75) is 44.2 Å². The second kappa shape index (κ2) is 7.70. The Balaban J connectivity index is 1.46. The number of hydrogen-bond acceptors (Lipinski definition) is 5. The molecule has 136 valence electrons. The van der Waals surface area contributed by atoms with Gasteiger partial charge in [-0.15, -0.1) is 0 Å². The van der Waals surface area contributed by atoms with Gasteiger partial charge in [-0.2, -0.15) is 0 Å². The highest BCUT2D eigenvalue weighted by atomic mass is 16.6. The summed E-state index contributed by atoms with van der Waals surface area (Å²) in [6.07, 6.45) is 9.38. The molecule has 3 aliphatic rings. The molecule has 0 radical (unpaired) electrons. The Kier molecular flexibility index (Phi) is 5.17. The highest BCUT2D eigenvalue weighted by molar-refractivity contribution is 5.71. The molecule has 1 unspecified atom stereocenters. The van der Waals surface area contributed by atoms with Gasteiger partial charge in [0.1, 0.15) is 5.75 Å². The van der Waals surface area contributed by atoms with E-state index in [1.807, 2.05) is 4.90 Å². The first-order valence-electron chi connectivity index (χ1n) is 9.64. The molecule has 1 aromatic rings. The van der Waals surface area contributed by atoms with Crippen molar-refractivity contribution in [1.82, 2.24) is 20.1 Å². The number of carbonyl (C=O) groups excluding carboxylic acids is 1. The molecule has 2 aliphatic heterocycles. The van der Waals surface area contributed by atoms with E-state index < -0.39 is 0 Å². The van der Waals surface area contributed by atoms with Crippen molar-refractivity contribution >= 4 is 6.09 Å². The summed E-state index contributed by atoms with van der Waals surface area (Å²) in [6, 6.07) is 4.48. The molecule has 1 aromatic heterocycles. The molecule has 3 heterocycles. The highest BCUT2D eigenvalue weighted by Crippen LogP contribution is 2.31. The topological polar surface area (TPSA) is 57.7 Å². The number of pyridine rings is 1. The zero-order valence-electron chi connectivity index (χ0n) is 14.8. The zero-order valence-corrected chi connectivity index (χ0v) is 14.8. The molecule has 2 saturated heterocycles. The number of carbonyl (C=O) groups is 1. The Bertz CT molecular complexity index is 572. The third kappa shape index (κ3) is 3.80. The molecule has 6 nitrogen and oxygen atoms in total. The number of piperidine rings is 1. The molecule has 1 N–H and O–H groups in total. The highest BCUT2D eigenvalue weighted by Gasteiger charge is 2.39. The molecule has 0 spiro atoms. The molecule has 25 heavy (non-hydrogen) atoms. The average molecular weight is 344 g/mol. The van der Waals surface area contributed by atoms with Crippen LogP contribution in [0.5, 0.6) is 5.75 Å². The maximum Gasteiger partial charge on any atom is 0.415 e. The lowest BCUT2D eigenvalue weighted by atomic mass is 9.85. The summed E-state index contributed by atoms with van der Waals surface area (Å²) in [7, 11) is 0. The second-order valence-corrected chi connectivity index (χ2v) is 7.48. The summed E-state index contributed by atoms with van der Waals surface area (Å²) >= 11 is 0. The molecule has 3 fully saturated rings. The maximum atomic E-state index is 12.8. The lowest BCUT2D eigenvalue weighted by molar-refractivity contribution is 0.00478. The van der Waals surface area contributed by atoms with Crippen LogP contribution in [-0.4, -0.2) is 65.7 Å². The molecule has 1 saturated carbocycles. The van der Waals surface area contributed by atoms with E-state index in [9.17, 15) is 4.79 Å². The summed E-state index contributed by atoms with van der Waals surface area (Å²) in [5.41, 5.74) is 0. The molecule has 1 amide bonds. The van der Waals surface area contributed by atoms with Gasteiger partial charge in [0.05, 0.1) is 6.04 Å². The van der Waals surface area contributed by atoms with Crippen LogP contribution in [0, 0.1) is 5.92 Å². The fourth-order valence-corrected chi connectivity index (χ4v) is 4.34. The summed E-state index contributed by atoms with van der Waals surface area (Å²) in [6.45, 7) is 4.85. The van der Waals surface area contributed by atoms with Crippen LogP contribution >= 0.6 is 0 Å². The maximum absolute atomic E-state index is 12.8. The van der Waals surface area contributed by atoms with E-state index in [1.165, 1.54) is 19.3 Å². The van der Waals surface area contributed by atoms with Crippen molar-refractivity contribution in [3.8, 4) is 5.75 Å². The van der Waals surface area contributed by atoms with E-state index in [4.69, 9.17) is 4.74 Å². The summed E-state index contributed by atoms with van der Waals surface area (Å²) in [4.78, 5) is 21.4. The van der Waals surface area contributed by atoms with Crippen LogP contribution in [-0.2, 0) is 0 Å². The number of ether oxygens (including phenoxy) is 1. The van der Waals surface area contributed by atoms with E-state index >= 15 is 0 Å². The number of aromatic nitrogens is 1. The minimum atomic E-state index is -0.206. The quantitative estimate of drug-likeness (QED) is 0.910. The minimum Gasteiger partial charge on any atom is -0.410 e. The third-order valence-electron chi connectivity index (χ3n) is 6.06. The molecular formula is C19H28N4O2. The van der Waals surface area contributed by atoms with Crippen LogP contribution in [0.25, 0.3) is 0 Å². The molecule has 6 heteroatoms. The minimum absolute atomic E-state index is 0.206. The first-order valence-corrected chi connectivity index (χ1v) is 9.64. The average Bonchev–Trinajstić information content (AvgIpc) is 2.62. The number of nitrogens with one attached hydrogen (secondary N) is 1. The van der Waals surface area contributed by atoms with Gasteiger partial charge in [-0.3, -0.25) is 9.88 Å². The number of amides is 1. The first-order chi connectivity index (χ1) is 12.3. The Labute approximate surface area is 149 Å². The number of piperazine rings is 1. The van der Waals surface area contributed by atoms with Gasteiger partial charge < -0.3 is 15.0 Å². The third-order valence-corrected chi connectivity index (χ3v) is 6.06. The fraction of sp³-hybridized carbons (Fsp3) is 0.684. The molecule has 1 aliphatic carbocycles. The first kappa shape index (κ1) is 16.8. The number of hydrogen-bond donors (Lipinski definition) is 1. The van der Waals surface area contributed by atoms with Crippen molar-refractivity contribution < 1.29 is 9.53 Å². The lowest BCUT2D eigenvalue weighted by Crippen LogP contribution is -2.62. The normalized spacial score (nSPS) is 26.2. The Hall–Kier alpha value is -1.66. The van der Waals surface area contributed by atoms with E-state index in [0.29, 0.717) is 11.7 Å². The second-order valence-electron chi connectivity index (χ2n) is 7.48. The number of rotatable bonds is 3. The molecule has 1 atom stereocenters. The molecular weight excluding hydrogens is 316 g/mol. The summed E-state index contributed by atoms with van der Waals surface area (Å²) < 4.78 is 5.62. The van der Waals surface area contributed by atoms with Gasteiger partial charge in [0.15, 0.2) is 0 Å². The fourth-order valence-electron chi connectivity index (χ4n) is 4.34. The van der Waals surface area contributed by atoms with Crippen molar-refractivity contribution in [2.75, 3.05) is 32.7 Å². The van der Waals surface area contributed by atoms with Crippen LogP contribution in [0.1, 0.15) is 32.1 Å². The zero-order chi connectivity index (χ0) is 17.1. The molecule has 4 rings (SSSR count). The number of nitrogens with zero attached hydrogens (tertiary/aromatic N) is 3. The monoisotopic (exact) mass is 344 g/mol. The van der Waals surface area contributed by atoms with Crippen molar-refractivity contribution in [2.24, 2.45) is 5.92 Å². The van der Waals surface area contributed by atoms with Crippen molar-refractivity contribution in [3.05, 3.63) is 24.5 Å². The standard InChI is InChI=1S/C19H28N4O2/c24-19(25-17-6-10-21-11-7-17)23-13-12-22(16-2-1-3-16)14-18(23)15-4-8-20-9-5-15/h6-7,10-11,15-16,18,20H,1-5,8-9,12-14H2. The van der Waals surface area contributed by atoms with Crippen LogP contribution in [0.3, 0.4) is 0 Å². The van der Waals surface area contributed by atoms with Gasteiger partial charge in [0.25, 0.3) is 0 Å². The van der Waals surface area contributed by atoms with Gasteiger partial charge in [-0.05, 0) is 56.8 Å². The summed E-state index contributed by atoms with van der Waals surface area (Å²) in [5, 5.41) is 3.44. The van der Waals surface area contributed by atoms with E-state index in [-0.39, 0.29) is 12.1 Å². The Morgan fingerprint density at radius 3 is 2.56 bits per heavy atom. The predicted octanol–water partition coefficient (Wildman–Crippen LogP) is 2.12. The van der Waals surface area contributed by atoms with Crippen LogP contribution < -0.4 is 10.1 Å². The van der Waals surface area contributed by atoms with E-state index in [1.54, 1.807) is 24.5 Å². The van der Waals surface area contributed by atoms with Crippen LogP contribution in [0.4, 0.5) is 4.79 Å². The molecule has 0 bridgehead atoms. The predicted molar refractivity (Wildman–Crippen MR) is 95.6 cm³/mol. The van der Waals surface area contributed by atoms with Gasteiger partial charge in [0, 0.05) is 38.1 Å². The van der Waals surface area contributed by atoms with E-state index in [0.717, 1.165) is 51.6 Å². The van der Waals surface area contributed by atoms with Gasteiger partial charge in [0.2, 0.25) is 0 Å². The Morgan fingerprint density at radius 2 is 1.88 bits per heavy atom. The van der Waals surface area contributed by atoms with Crippen LogP contribution in [0.2, 0.25) is 0 Å². The van der Waals surface area contributed by atoms with Gasteiger partial charge in [-0.25, -0.2) is 4.79 Å². The van der Waals surface area contributed by atoms with Gasteiger partial charge >= 0.3 is 6.09 Å². The largest absolute Gasteiger partial charge is 0.415 e. The van der Waals surface area contributed by atoms with Crippen molar-refractivity contribution in [3.63, 3.8) is 0 Å². The summed E-state index contributed by atoms with van der Waals surface area (Å²) in [5.74, 6) is 1.14. The smallest absolute Gasteiger partial charge is 0.410 e. The SMILES string of the molecule is O=C(Oc1ccncc1)N1CCN(C2CCC2)CC1C1CCNCC1. The van der Waals surface area contributed by atoms with Crippen molar-refractivity contribution in [1.29, 1.82) is 0 Å². The van der Waals surface area contributed by atoms with Gasteiger partial charge in [-0.1, -0.05) is 6.42 Å². The van der Waals surface area contributed by atoms with Crippen LogP contribution in [0.15, 0.2) is 24.5 Å². The lowest BCUT2D eigenvalue weighted by Gasteiger charge is -2.49. The Morgan fingerprint density at radius 1 is 1.12 bits per heavy atom. The van der Waals surface area contributed by atoms with E-state index in [2.05, 4.69) is 15.2 Å².